The molecule has 0 bridgehead atoms. The maximum atomic E-state index is 8.96. The van der Waals surface area contributed by atoms with Gasteiger partial charge in [0.2, 0.25) is 0 Å². The molecule has 0 aliphatic heterocycles. The second-order valence-electron chi connectivity index (χ2n) is 4.94. The maximum absolute atomic E-state index is 8.96. The summed E-state index contributed by atoms with van der Waals surface area (Å²) in [7, 11) is 1.98. The summed E-state index contributed by atoms with van der Waals surface area (Å²) in [4.78, 5) is 10.4. The molecule has 0 atom stereocenters. The van der Waals surface area contributed by atoms with Crippen LogP contribution in [-0.2, 0) is 6.61 Å². The zero-order valence-electron chi connectivity index (χ0n) is 9.86. The third kappa shape index (κ3) is 3.83. The monoisotopic (exact) mass is 209 g/mol. The normalized spacial score (nSPS) is 11.5. The number of aliphatic hydroxyl groups is 1. The van der Waals surface area contributed by atoms with E-state index in [1.54, 1.807) is 12.4 Å². The summed E-state index contributed by atoms with van der Waals surface area (Å²) in [5.74, 6) is 0.802. The molecule has 4 nitrogen and oxygen atoms in total. The average Bonchev–Trinajstić information content (AvgIpc) is 2.15. The highest BCUT2D eigenvalue weighted by atomic mass is 16.3. The van der Waals surface area contributed by atoms with Crippen molar-refractivity contribution in [1.29, 1.82) is 0 Å². The molecule has 0 amide bonds. The summed E-state index contributed by atoms with van der Waals surface area (Å²) >= 11 is 0. The van der Waals surface area contributed by atoms with Crippen LogP contribution < -0.4 is 4.90 Å². The van der Waals surface area contributed by atoms with Crippen LogP contribution in [0.4, 0.5) is 5.82 Å². The molecule has 0 aliphatic carbocycles. The summed E-state index contributed by atoms with van der Waals surface area (Å²) in [5.41, 5.74) is 0.819. The van der Waals surface area contributed by atoms with E-state index in [0.29, 0.717) is 5.69 Å². The molecule has 0 aliphatic rings. The highest BCUT2D eigenvalue weighted by molar-refractivity contribution is 5.35. The van der Waals surface area contributed by atoms with Crippen molar-refractivity contribution < 1.29 is 5.11 Å². The molecule has 0 radical (unpaired) electrons. The number of aromatic nitrogens is 2. The molecule has 0 saturated heterocycles. The lowest BCUT2D eigenvalue weighted by atomic mass is 9.96. The topological polar surface area (TPSA) is 49.2 Å². The summed E-state index contributed by atoms with van der Waals surface area (Å²) in [6, 6.07) is 0. The molecule has 0 saturated carbocycles. The molecule has 4 heteroatoms. The molecule has 1 aromatic rings. The smallest absolute Gasteiger partial charge is 0.147 e. The van der Waals surface area contributed by atoms with E-state index in [4.69, 9.17) is 5.11 Å². The Labute approximate surface area is 91.0 Å². The van der Waals surface area contributed by atoms with Gasteiger partial charge >= 0.3 is 0 Å². The first-order valence-electron chi connectivity index (χ1n) is 5.05. The first-order chi connectivity index (χ1) is 6.92. The molecule has 1 aromatic heterocycles. The Morgan fingerprint density at radius 3 is 2.53 bits per heavy atom. The van der Waals surface area contributed by atoms with Gasteiger partial charge in [0.25, 0.3) is 0 Å². The van der Waals surface area contributed by atoms with Gasteiger partial charge in [-0.25, -0.2) is 4.98 Å². The SMILES string of the molecule is CN(CC(C)(C)C)c1cncc(CO)n1. The lowest BCUT2D eigenvalue weighted by molar-refractivity contribution is 0.276. The van der Waals surface area contributed by atoms with Gasteiger partial charge in [-0.05, 0) is 5.41 Å². The number of hydrogen-bond acceptors (Lipinski definition) is 4. The second-order valence-corrected chi connectivity index (χ2v) is 4.94. The van der Waals surface area contributed by atoms with E-state index in [2.05, 4.69) is 30.7 Å². The Kier molecular flexibility index (Phi) is 3.63. The number of anilines is 1. The van der Waals surface area contributed by atoms with Crippen molar-refractivity contribution in [3.63, 3.8) is 0 Å². The molecule has 1 N–H and O–H groups in total. The highest BCUT2D eigenvalue weighted by Crippen LogP contribution is 2.18. The van der Waals surface area contributed by atoms with Crippen molar-refractivity contribution in [3.8, 4) is 0 Å². The molecule has 0 unspecified atom stereocenters. The third-order valence-electron chi connectivity index (χ3n) is 1.94. The molecule has 0 aromatic carbocycles. The fourth-order valence-corrected chi connectivity index (χ4v) is 1.45. The second kappa shape index (κ2) is 4.57. The Morgan fingerprint density at radius 2 is 2.00 bits per heavy atom. The Balaban J connectivity index is 2.77. The van der Waals surface area contributed by atoms with Gasteiger partial charge in [-0.15, -0.1) is 0 Å². The van der Waals surface area contributed by atoms with Crippen LogP contribution in [0.1, 0.15) is 26.5 Å². The summed E-state index contributed by atoms with van der Waals surface area (Å²) in [6.45, 7) is 7.35. The lowest BCUT2D eigenvalue weighted by Gasteiger charge is -2.27. The van der Waals surface area contributed by atoms with Crippen molar-refractivity contribution in [2.75, 3.05) is 18.5 Å². The zero-order valence-corrected chi connectivity index (χ0v) is 9.86. The minimum atomic E-state index is -0.0653. The van der Waals surface area contributed by atoms with Crippen LogP contribution in [0.15, 0.2) is 12.4 Å². The first-order valence-corrected chi connectivity index (χ1v) is 5.05. The molecule has 0 fully saturated rings. The fraction of sp³-hybridized carbons (Fsp3) is 0.636. The fourth-order valence-electron chi connectivity index (χ4n) is 1.45. The van der Waals surface area contributed by atoms with Gasteiger partial charge in [0.15, 0.2) is 0 Å². The van der Waals surface area contributed by atoms with Crippen molar-refractivity contribution in [2.45, 2.75) is 27.4 Å². The molecule has 1 heterocycles. The first kappa shape index (κ1) is 11.9. The minimum absolute atomic E-state index is 0.0653. The molecule has 0 spiro atoms. The Morgan fingerprint density at radius 1 is 1.33 bits per heavy atom. The van der Waals surface area contributed by atoms with E-state index in [1.165, 1.54) is 0 Å². The number of nitrogens with zero attached hydrogens (tertiary/aromatic N) is 3. The van der Waals surface area contributed by atoms with Gasteiger partial charge < -0.3 is 10.0 Å². The lowest BCUT2D eigenvalue weighted by Crippen LogP contribution is -2.30. The van der Waals surface area contributed by atoms with Crippen LogP contribution in [0.3, 0.4) is 0 Å². The van der Waals surface area contributed by atoms with Crippen molar-refractivity contribution in [2.24, 2.45) is 5.41 Å². The van der Waals surface area contributed by atoms with E-state index in [9.17, 15) is 0 Å². The van der Waals surface area contributed by atoms with Gasteiger partial charge in [-0.2, -0.15) is 0 Å². The summed E-state index contributed by atoms with van der Waals surface area (Å²) in [5, 5.41) is 8.96. The van der Waals surface area contributed by atoms with Crippen LogP contribution in [0, 0.1) is 5.41 Å². The average molecular weight is 209 g/mol. The van der Waals surface area contributed by atoms with Crippen LogP contribution >= 0.6 is 0 Å². The highest BCUT2D eigenvalue weighted by Gasteiger charge is 2.14. The molecule has 15 heavy (non-hydrogen) atoms. The van der Waals surface area contributed by atoms with E-state index in [-0.39, 0.29) is 12.0 Å². The Bertz CT molecular complexity index is 320. The van der Waals surface area contributed by atoms with Crippen LogP contribution in [0.25, 0.3) is 0 Å². The quantitative estimate of drug-likeness (QED) is 0.818. The minimum Gasteiger partial charge on any atom is -0.390 e. The van der Waals surface area contributed by atoms with Gasteiger partial charge in [0, 0.05) is 13.6 Å². The van der Waals surface area contributed by atoms with Crippen LogP contribution in [0.5, 0.6) is 0 Å². The summed E-state index contributed by atoms with van der Waals surface area (Å²) in [6.07, 6.45) is 3.29. The van der Waals surface area contributed by atoms with Crippen molar-refractivity contribution >= 4 is 5.82 Å². The van der Waals surface area contributed by atoms with Crippen molar-refractivity contribution in [3.05, 3.63) is 18.1 Å². The predicted molar refractivity (Wildman–Crippen MR) is 60.7 cm³/mol. The molecular formula is C11H19N3O. The van der Waals surface area contributed by atoms with Crippen LogP contribution in [0.2, 0.25) is 0 Å². The molecule has 1 rings (SSSR count). The Hall–Kier alpha value is -1.16. The summed E-state index contributed by atoms with van der Waals surface area (Å²) < 4.78 is 0. The number of rotatable bonds is 3. The standard InChI is InChI=1S/C11H19N3O/c1-11(2,3)8-14(4)10-6-12-5-9(7-15)13-10/h5-6,15H,7-8H2,1-4H3. The van der Waals surface area contributed by atoms with Crippen molar-refractivity contribution in [1.82, 2.24) is 9.97 Å². The van der Waals surface area contributed by atoms with E-state index < -0.39 is 0 Å². The van der Waals surface area contributed by atoms with Gasteiger partial charge in [-0.3, -0.25) is 4.98 Å². The predicted octanol–water partition coefficient (Wildman–Crippen LogP) is 1.45. The molecule has 84 valence electrons. The zero-order chi connectivity index (χ0) is 11.5. The third-order valence-corrected chi connectivity index (χ3v) is 1.94. The molecular weight excluding hydrogens is 190 g/mol. The van der Waals surface area contributed by atoms with E-state index >= 15 is 0 Å². The van der Waals surface area contributed by atoms with Gasteiger partial charge in [0.05, 0.1) is 24.7 Å². The number of aliphatic hydroxyl groups excluding tert-OH is 1. The van der Waals surface area contributed by atoms with E-state index in [0.717, 1.165) is 12.4 Å². The largest absolute Gasteiger partial charge is 0.390 e. The number of hydrogen-bond donors (Lipinski definition) is 1. The van der Waals surface area contributed by atoms with Crippen LogP contribution in [-0.4, -0.2) is 28.7 Å². The van der Waals surface area contributed by atoms with Gasteiger partial charge in [0.1, 0.15) is 5.82 Å². The maximum Gasteiger partial charge on any atom is 0.147 e. The van der Waals surface area contributed by atoms with E-state index in [1.807, 2.05) is 11.9 Å². The van der Waals surface area contributed by atoms with Gasteiger partial charge in [-0.1, -0.05) is 20.8 Å².